The molecule has 0 saturated heterocycles. The summed E-state index contributed by atoms with van der Waals surface area (Å²) in [6.07, 6.45) is 1.41. The fraction of sp³-hybridized carbons (Fsp3) is 0.308. The molecule has 0 saturated carbocycles. The maximum Gasteiger partial charge on any atom is 0.347 e. The lowest BCUT2D eigenvalue weighted by atomic mass is 9.98. The van der Waals surface area contributed by atoms with Crippen molar-refractivity contribution in [2.45, 2.75) is 38.5 Å². The van der Waals surface area contributed by atoms with Crippen molar-refractivity contribution < 1.29 is 13.6 Å². The van der Waals surface area contributed by atoms with Crippen LogP contribution in [0.4, 0.5) is 0 Å². The third kappa shape index (κ3) is 6.62. The van der Waals surface area contributed by atoms with Crippen molar-refractivity contribution >= 4 is 7.60 Å². The zero-order chi connectivity index (χ0) is 21.9. The zero-order valence-electron chi connectivity index (χ0n) is 18.3. The molecule has 1 atom stereocenters. The molecule has 0 radical (unpaired) electrons. The van der Waals surface area contributed by atoms with Crippen LogP contribution in [0, 0.1) is 0 Å². The summed E-state index contributed by atoms with van der Waals surface area (Å²) in [7, 11) is -3.37. The predicted octanol–water partition coefficient (Wildman–Crippen LogP) is 6.59. The lowest BCUT2D eigenvalue weighted by Gasteiger charge is -2.31. The Labute approximate surface area is 186 Å². The summed E-state index contributed by atoms with van der Waals surface area (Å²) in [6, 6.07) is 30.6. The third-order valence-corrected chi connectivity index (χ3v) is 7.58. The van der Waals surface area contributed by atoms with Gasteiger partial charge in [-0.2, -0.15) is 0 Å². The quantitative estimate of drug-likeness (QED) is 0.325. The number of aryl methyl sites for hydroxylation is 1. The van der Waals surface area contributed by atoms with Gasteiger partial charge in [-0.15, -0.1) is 0 Å². The van der Waals surface area contributed by atoms with Gasteiger partial charge in [0.1, 0.15) is 5.78 Å². The number of nitrogens with one attached hydrogen (secondary N) is 1. The molecule has 3 rings (SSSR count). The normalized spacial score (nSPS) is 12.7. The first-order valence-corrected chi connectivity index (χ1v) is 12.6. The molecule has 5 heteroatoms. The summed E-state index contributed by atoms with van der Waals surface area (Å²) in [5.41, 5.74) is 3.42. The van der Waals surface area contributed by atoms with Crippen molar-refractivity contribution in [2.75, 3.05) is 13.2 Å². The molecule has 0 bridgehead atoms. The monoisotopic (exact) mass is 437 g/mol. The minimum absolute atomic E-state index is 0.127. The van der Waals surface area contributed by atoms with E-state index >= 15 is 0 Å². The van der Waals surface area contributed by atoms with Crippen LogP contribution in [0.1, 0.15) is 43.0 Å². The van der Waals surface area contributed by atoms with E-state index in [-0.39, 0.29) is 6.04 Å². The summed E-state index contributed by atoms with van der Waals surface area (Å²) < 4.78 is 25.4. The molecule has 0 heterocycles. The van der Waals surface area contributed by atoms with Crippen LogP contribution in [0.15, 0.2) is 91.0 Å². The average Bonchev–Trinajstić information content (AvgIpc) is 2.81. The first kappa shape index (κ1) is 23.4. The fourth-order valence-electron chi connectivity index (χ4n) is 3.73. The van der Waals surface area contributed by atoms with Crippen molar-refractivity contribution in [3.05, 3.63) is 108 Å². The molecule has 0 amide bonds. The van der Waals surface area contributed by atoms with Gasteiger partial charge in [-0.3, -0.25) is 9.88 Å². The number of hydrogen-bond acceptors (Lipinski definition) is 4. The van der Waals surface area contributed by atoms with Crippen molar-refractivity contribution in [3.63, 3.8) is 0 Å². The van der Waals surface area contributed by atoms with Gasteiger partial charge in [0.25, 0.3) is 0 Å². The molecule has 0 aliphatic heterocycles. The summed E-state index contributed by atoms with van der Waals surface area (Å²) >= 11 is 0. The molecule has 1 unspecified atom stereocenters. The van der Waals surface area contributed by atoms with Crippen molar-refractivity contribution in [1.82, 2.24) is 5.32 Å². The Bertz CT molecular complexity index is 885. The van der Waals surface area contributed by atoms with E-state index in [2.05, 4.69) is 41.7 Å². The summed E-state index contributed by atoms with van der Waals surface area (Å²) in [5.74, 6) is -0.446. The minimum atomic E-state index is -3.37. The Morgan fingerprint density at radius 2 is 1.19 bits per heavy atom. The molecule has 0 aliphatic carbocycles. The zero-order valence-corrected chi connectivity index (χ0v) is 19.2. The van der Waals surface area contributed by atoms with Gasteiger partial charge >= 0.3 is 7.60 Å². The molecule has 4 nitrogen and oxygen atoms in total. The Balaban J connectivity index is 1.94. The Morgan fingerprint density at radius 1 is 0.742 bits per heavy atom. The first-order chi connectivity index (χ1) is 15.2. The van der Waals surface area contributed by atoms with Gasteiger partial charge in [-0.25, -0.2) is 0 Å². The van der Waals surface area contributed by atoms with Crippen LogP contribution in [0.3, 0.4) is 0 Å². The van der Waals surface area contributed by atoms with Crippen LogP contribution < -0.4 is 5.32 Å². The second-order valence-corrected chi connectivity index (χ2v) is 9.56. The van der Waals surface area contributed by atoms with E-state index in [9.17, 15) is 4.57 Å². The molecule has 1 N–H and O–H groups in total. The topological polar surface area (TPSA) is 47.6 Å². The molecule has 0 aromatic heterocycles. The highest BCUT2D eigenvalue weighted by Crippen LogP contribution is 2.54. The summed E-state index contributed by atoms with van der Waals surface area (Å²) in [4.78, 5) is 0. The van der Waals surface area contributed by atoms with E-state index in [4.69, 9.17) is 9.05 Å². The van der Waals surface area contributed by atoms with Gasteiger partial charge in [-0.05, 0) is 43.4 Å². The number of hydrogen-bond donors (Lipinski definition) is 1. The number of benzene rings is 3. The smallest absolute Gasteiger partial charge is 0.308 e. The molecule has 0 fully saturated rings. The van der Waals surface area contributed by atoms with Crippen LogP contribution in [0.5, 0.6) is 0 Å². The van der Waals surface area contributed by atoms with Crippen LogP contribution in [-0.2, 0) is 20.0 Å². The molecule has 0 spiro atoms. The maximum absolute atomic E-state index is 13.8. The predicted molar refractivity (Wildman–Crippen MR) is 127 cm³/mol. The second kappa shape index (κ2) is 12.0. The van der Waals surface area contributed by atoms with Crippen LogP contribution in [-0.4, -0.2) is 19.0 Å². The first-order valence-electron chi connectivity index (χ1n) is 10.9. The van der Waals surface area contributed by atoms with Crippen molar-refractivity contribution in [1.29, 1.82) is 0 Å². The third-order valence-electron chi connectivity index (χ3n) is 5.17. The van der Waals surface area contributed by atoms with E-state index in [1.807, 2.05) is 68.4 Å². The van der Waals surface area contributed by atoms with E-state index in [1.165, 1.54) is 5.56 Å². The number of rotatable bonds is 12. The molecule has 3 aromatic rings. The molecule has 31 heavy (non-hydrogen) atoms. The van der Waals surface area contributed by atoms with E-state index < -0.39 is 13.4 Å². The van der Waals surface area contributed by atoms with Crippen LogP contribution in [0.2, 0.25) is 0 Å². The Morgan fingerprint density at radius 3 is 1.65 bits per heavy atom. The van der Waals surface area contributed by atoms with E-state index in [1.54, 1.807) is 0 Å². The Kier molecular flexibility index (Phi) is 9.05. The maximum atomic E-state index is 13.8. The molecule has 164 valence electrons. The fourth-order valence-corrected chi connectivity index (χ4v) is 5.66. The molecular weight excluding hydrogens is 405 g/mol. The standard InChI is InChI=1S/C26H32NO3P/c1-3-29-31(28,30-4-2)25(21-20-22-14-8-5-9-15-22)27-26(23-16-10-6-11-17-23)24-18-12-7-13-19-24/h5-19,25-27H,3-4,20-21H2,1-2H3. The highest BCUT2D eigenvalue weighted by molar-refractivity contribution is 7.54. The molecule has 3 aromatic carbocycles. The van der Waals surface area contributed by atoms with Crippen molar-refractivity contribution in [3.8, 4) is 0 Å². The van der Waals surface area contributed by atoms with E-state index in [0.29, 0.717) is 19.6 Å². The van der Waals surface area contributed by atoms with Crippen LogP contribution >= 0.6 is 7.60 Å². The lowest BCUT2D eigenvalue weighted by molar-refractivity contribution is 0.204. The largest absolute Gasteiger partial charge is 0.347 e. The highest BCUT2D eigenvalue weighted by Gasteiger charge is 2.37. The summed E-state index contributed by atoms with van der Waals surface area (Å²) in [6.45, 7) is 4.38. The molecule has 0 aliphatic rings. The van der Waals surface area contributed by atoms with Gasteiger partial charge in [0.2, 0.25) is 0 Å². The van der Waals surface area contributed by atoms with Gasteiger partial charge < -0.3 is 9.05 Å². The summed E-state index contributed by atoms with van der Waals surface area (Å²) in [5, 5.41) is 3.65. The minimum Gasteiger partial charge on any atom is -0.308 e. The van der Waals surface area contributed by atoms with Gasteiger partial charge in [0.15, 0.2) is 0 Å². The molecular formula is C26H32NO3P. The highest BCUT2D eigenvalue weighted by atomic mass is 31.2. The SMILES string of the molecule is CCOP(=O)(OCC)C(CCc1ccccc1)NC(c1ccccc1)c1ccccc1. The van der Waals surface area contributed by atoms with Gasteiger partial charge in [0.05, 0.1) is 19.3 Å². The van der Waals surface area contributed by atoms with E-state index in [0.717, 1.165) is 17.5 Å². The second-order valence-electron chi connectivity index (χ2n) is 7.34. The average molecular weight is 438 g/mol. The van der Waals surface area contributed by atoms with Crippen LogP contribution in [0.25, 0.3) is 0 Å². The van der Waals surface area contributed by atoms with Gasteiger partial charge in [-0.1, -0.05) is 91.0 Å². The Hall–Kier alpha value is -2.23. The lowest BCUT2D eigenvalue weighted by Crippen LogP contribution is -2.35. The van der Waals surface area contributed by atoms with Gasteiger partial charge in [0, 0.05) is 0 Å². The van der Waals surface area contributed by atoms with Crippen molar-refractivity contribution in [2.24, 2.45) is 0 Å².